The second kappa shape index (κ2) is 7.36. The van der Waals surface area contributed by atoms with Gasteiger partial charge in [-0.15, -0.1) is 0 Å². The van der Waals surface area contributed by atoms with Gasteiger partial charge in [0.1, 0.15) is 18.2 Å². The Balaban J connectivity index is 1.91. The fourth-order valence-corrected chi connectivity index (χ4v) is 3.66. The molecule has 7 heteroatoms. The van der Waals surface area contributed by atoms with Crippen molar-refractivity contribution in [1.82, 2.24) is 16.0 Å². The topological polar surface area (TPSA) is 71.6 Å². The zero-order valence-electron chi connectivity index (χ0n) is 13.9. The number of rotatable bonds is 5. The van der Waals surface area contributed by atoms with Crippen LogP contribution in [0.5, 0.6) is 5.75 Å². The van der Waals surface area contributed by atoms with Crippen molar-refractivity contribution in [3.8, 4) is 5.75 Å². The van der Waals surface area contributed by atoms with Crippen molar-refractivity contribution in [1.29, 1.82) is 0 Å². The Morgan fingerprint density at radius 2 is 2.08 bits per heavy atom. The highest BCUT2D eigenvalue weighted by Crippen LogP contribution is 2.40. The Labute approximate surface area is 141 Å². The SMILES string of the molecule is COCCOc1cc(F)ccc1C1CNC(=O)NC12CCNCC2. The number of amides is 2. The molecule has 2 saturated heterocycles. The van der Waals surface area contributed by atoms with Crippen LogP contribution in [0.4, 0.5) is 9.18 Å². The zero-order valence-corrected chi connectivity index (χ0v) is 13.9. The number of halogens is 1. The smallest absolute Gasteiger partial charge is 0.315 e. The van der Waals surface area contributed by atoms with Crippen LogP contribution in [0.25, 0.3) is 0 Å². The van der Waals surface area contributed by atoms with Gasteiger partial charge >= 0.3 is 6.03 Å². The fraction of sp³-hybridized carbons (Fsp3) is 0.588. The van der Waals surface area contributed by atoms with Crippen molar-refractivity contribution < 1.29 is 18.7 Å². The molecule has 1 spiro atoms. The number of benzene rings is 1. The van der Waals surface area contributed by atoms with Crippen molar-refractivity contribution in [2.45, 2.75) is 24.3 Å². The summed E-state index contributed by atoms with van der Waals surface area (Å²) in [5.41, 5.74) is 0.590. The number of piperidine rings is 1. The van der Waals surface area contributed by atoms with Gasteiger partial charge in [-0.2, -0.15) is 0 Å². The molecule has 0 radical (unpaired) electrons. The molecule has 0 aromatic heterocycles. The summed E-state index contributed by atoms with van der Waals surface area (Å²) in [6.07, 6.45) is 1.67. The minimum absolute atomic E-state index is 0.0236. The number of carbonyl (C=O) groups is 1. The third-order valence-electron chi connectivity index (χ3n) is 4.89. The Hall–Kier alpha value is -1.86. The predicted octanol–water partition coefficient (Wildman–Crippen LogP) is 1.37. The molecule has 1 aromatic carbocycles. The van der Waals surface area contributed by atoms with Crippen LogP contribution in [0.3, 0.4) is 0 Å². The zero-order chi connectivity index (χ0) is 17.0. The molecule has 132 valence electrons. The Kier molecular flexibility index (Phi) is 5.20. The van der Waals surface area contributed by atoms with E-state index >= 15 is 0 Å². The number of hydrogen-bond donors (Lipinski definition) is 3. The normalized spacial score (nSPS) is 22.8. The average molecular weight is 337 g/mol. The molecule has 2 fully saturated rings. The highest BCUT2D eigenvalue weighted by Gasteiger charge is 2.45. The first kappa shape index (κ1) is 17.0. The van der Waals surface area contributed by atoms with Gasteiger partial charge in [0.05, 0.1) is 12.1 Å². The summed E-state index contributed by atoms with van der Waals surface area (Å²) in [6.45, 7) is 2.99. The lowest BCUT2D eigenvalue weighted by atomic mass is 9.72. The van der Waals surface area contributed by atoms with Crippen LogP contribution in [-0.4, -0.2) is 51.5 Å². The standard InChI is InChI=1S/C17H24FN3O3/c1-23-8-9-24-15-10-12(18)2-3-13(15)14-11-20-16(22)21-17(14)4-6-19-7-5-17/h2-3,10,14,19H,4-9,11H2,1H3,(H2,20,21,22). The molecule has 24 heavy (non-hydrogen) atoms. The van der Waals surface area contributed by atoms with E-state index in [1.165, 1.54) is 12.1 Å². The van der Waals surface area contributed by atoms with Gasteiger partial charge in [0.15, 0.2) is 0 Å². The van der Waals surface area contributed by atoms with Gasteiger partial charge in [-0.05, 0) is 32.0 Å². The summed E-state index contributed by atoms with van der Waals surface area (Å²) in [6, 6.07) is 4.49. The van der Waals surface area contributed by atoms with Gasteiger partial charge in [-0.3, -0.25) is 0 Å². The maximum atomic E-state index is 13.7. The number of hydrogen-bond acceptors (Lipinski definition) is 4. The third kappa shape index (κ3) is 3.47. The summed E-state index contributed by atoms with van der Waals surface area (Å²) in [5.74, 6) is 0.210. The molecule has 3 N–H and O–H groups in total. The molecule has 3 rings (SSSR count). The molecule has 0 saturated carbocycles. The number of methoxy groups -OCH3 is 1. The van der Waals surface area contributed by atoms with Crippen LogP contribution in [0.15, 0.2) is 18.2 Å². The summed E-state index contributed by atoms with van der Waals surface area (Å²) in [4.78, 5) is 11.9. The molecular formula is C17H24FN3O3. The van der Waals surface area contributed by atoms with E-state index in [4.69, 9.17) is 9.47 Å². The van der Waals surface area contributed by atoms with E-state index < -0.39 is 0 Å². The number of ether oxygens (including phenoxy) is 2. The number of carbonyl (C=O) groups excluding carboxylic acids is 1. The van der Waals surface area contributed by atoms with E-state index in [-0.39, 0.29) is 23.3 Å². The first-order chi connectivity index (χ1) is 11.6. The highest BCUT2D eigenvalue weighted by atomic mass is 19.1. The van der Waals surface area contributed by atoms with Gasteiger partial charge in [0, 0.05) is 31.2 Å². The van der Waals surface area contributed by atoms with Crippen LogP contribution in [0.1, 0.15) is 24.3 Å². The average Bonchev–Trinajstić information content (AvgIpc) is 2.57. The van der Waals surface area contributed by atoms with Gasteiger partial charge in [-0.1, -0.05) is 6.07 Å². The molecule has 0 aliphatic carbocycles. The molecule has 1 unspecified atom stereocenters. The van der Waals surface area contributed by atoms with E-state index in [0.717, 1.165) is 31.5 Å². The molecule has 0 bridgehead atoms. The van der Waals surface area contributed by atoms with Crippen LogP contribution in [0, 0.1) is 5.82 Å². The number of urea groups is 1. The van der Waals surface area contributed by atoms with E-state index in [9.17, 15) is 9.18 Å². The van der Waals surface area contributed by atoms with Crippen molar-refractivity contribution in [3.05, 3.63) is 29.6 Å². The van der Waals surface area contributed by atoms with Crippen molar-refractivity contribution in [2.24, 2.45) is 0 Å². The van der Waals surface area contributed by atoms with Gasteiger partial charge in [-0.25, -0.2) is 9.18 Å². The molecule has 2 heterocycles. The van der Waals surface area contributed by atoms with E-state index in [1.54, 1.807) is 13.2 Å². The molecule has 6 nitrogen and oxygen atoms in total. The maximum Gasteiger partial charge on any atom is 0.315 e. The van der Waals surface area contributed by atoms with E-state index in [2.05, 4.69) is 16.0 Å². The van der Waals surface area contributed by atoms with Crippen LogP contribution in [-0.2, 0) is 4.74 Å². The van der Waals surface area contributed by atoms with Crippen LogP contribution < -0.4 is 20.7 Å². The van der Waals surface area contributed by atoms with Crippen molar-refractivity contribution >= 4 is 6.03 Å². The van der Waals surface area contributed by atoms with Crippen molar-refractivity contribution in [3.63, 3.8) is 0 Å². The molecular weight excluding hydrogens is 313 g/mol. The molecule has 1 aromatic rings. The van der Waals surface area contributed by atoms with E-state index in [0.29, 0.717) is 25.5 Å². The lowest BCUT2D eigenvalue weighted by molar-refractivity contribution is 0.141. The summed E-state index contributed by atoms with van der Waals surface area (Å²) in [7, 11) is 1.60. The Bertz CT molecular complexity index is 590. The lowest BCUT2D eigenvalue weighted by Crippen LogP contribution is -2.65. The summed E-state index contributed by atoms with van der Waals surface area (Å²) in [5, 5.41) is 9.32. The highest BCUT2D eigenvalue weighted by molar-refractivity contribution is 5.76. The minimum atomic E-state index is -0.335. The first-order valence-electron chi connectivity index (χ1n) is 8.32. The van der Waals surface area contributed by atoms with Crippen molar-refractivity contribution in [2.75, 3.05) is 40.0 Å². The minimum Gasteiger partial charge on any atom is -0.491 e. The third-order valence-corrected chi connectivity index (χ3v) is 4.89. The number of nitrogens with one attached hydrogen (secondary N) is 3. The van der Waals surface area contributed by atoms with Crippen LogP contribution in [0.2, 0.25) is 0 Å². The molecule has 2 amide bonds. The van der Waals surface area contributed by atoms with Crippen LogP contribution >= 0.6 is 0 Å². The quantitative estimate of drug-likeness (QED) is 0.710. The molecule has 2 aliphatic rings. The van der Waals surface area contributed by atoms with Gasteiger partial charge < -0.3 is 25.4 Å². The maximum absolute atomic E-state index is 13.7. The van der Waals surface area contributed by atoms with Gasteiger partial charge in [0.2, 0.25) is 0 Å². The first-order valence-corrected chi connectivity index (χ1v) is 8.32. The second-order valence-electron chi connectivity index (χ2n) is 6.32. The van der Waals surface area contributed by atoms with E-state index in [1.807, 2.05) is 0 Å². The monoisotopic (exact) mass is 337 g/mol. The van der Waals surface area contributed by atoms with Gasteiger partial charge in [0.25, 0.3) is 0 Å². The predicted molar refractivity (Wildman–Crippen MR) is 87.9 cm³/mol. The second-order valence-corrected chi connectivity index (χ2v) is 6.32. The largest absolute Gasteiger partial charge is 0.491 e. The summed E-state index contributed by atoms with van der Waals surface area (Å²) >= 11 is 0. The molecule has 1 atom stereocenters. The summed E-state index contributed by atoms with van der Waals surface area (Å²) < 4.78 is 24.5. The lowest BCUT2D eigenvalue weighted by Gasteiger charge is -2.47. The molecule has 2 aliphatic heterocycles. The fourth-order valence-electron chi connectivity index (χ4n) is 3.66. The Morgan fingerprint density at radius 1 is 1.29 bits per heavy atom. The Morgan fingerprint density at radius 3 is 2.83 bits per heavy atom.